The molecule has 11 nitrogen and oxygen atoms in total. The van der Waals surface area contributed by atoms with Crippen molar-refractivity contribution in [2.45, 2.75) is 33.4 Å². The largest absolute Gasteiger partial charge is 0.462 e. The summed E-state index contributed by atoms with van der Waals surface area (Å²) in [5, 5.41) is 10.2. The van der Waals surface area contributed by atoms with Gasteiger partial charge in [0.25, 0.3) is 5.91 Å². The van der Waals surface area contributed by atoms with Gasteiger partial charge in [-0.25, -0.2) is 9.78 Å². The Hall–Kier alpha value is -4.42. The first-order chi connectivity index (χ1) is 19.8. The maximum absolute atomic E-state index is 13.5. The number of aromatic nitrogens is 3. The molecule has 2 N–H and O–H groups in total. The van der Waals surface area contributed by atoms with Crippen LogP contribution in [0.3, 0.4) is 0 Å². The summed E-state index contributed by atoms with van der Waals surface area (Å²) in [6.07, 6.45) is 0. The lowest BCUT2D eigenvalue weighted by Gasteiger charge is -2.19. The number of aryl methyl sites for hydroxylation is 2. The first kappa shape index (κ1) is 28.1. The van der Waals surface area contributed by atoms with E-state index >= 15 is 0 Å². The van der Waals surface area contributed by atoms with Crippen molar-refractivity contribution in [2.75, 3.05) is 25.0 Å². The van der Waals surface area contributed by atoms with Gasteiger partial charge in [0.2, 0.25) is 17.6 Å². The number of nitrogens with zero attached hydrogens (tertiary/aromatic N) is 4. The molecule has 2 aromatic heterocycles. The fraction of sp³-hybridized carbons (Fsp3) is 0.310. The van der Waals surface area contributed by atoms with Gasteiger partial charge < -0.3 is 19.9 Å². The van der Waals surface area contributed by atoms with Crippen LogP contribution in [0, 0.1) is 19.8 Å². The van der Waals surface area contributed by atoms with Crippen molar-refractivity contribution in [1.82, 2.24) is 25.3 Å². The zero-order chi connectivity index (χ0) is 28.9. The van der Waals surface area contributed by atoms with E-state index in [9.17, 15) is 14.4 Å². The van der Waals surface area contributed by atoms with E-state index in [0.717, 1.165) is 16.9 Å². The summed E-state index contributed by atoms with van der Waals surface area (Å²) in [6, 6.07) is 16.4. The predicted octanol–water partition coefficient (Wildman–Crippen LogP) is 3.86. The lowest BCUT2D eigenvalue weighted by atomic mass is 10.0. The highest BCUT2D eigenvalue weighted by molar-refractivity contribution is 7.17. The Balaban J connectivity index is 1.34. The Morgan fingerprint density at radius 1 is 1.07 bits per heavy atom. The number of benzene rings is 2. The smallest absolute Gasteiger partial charge is 0.350 e. The van der Waals surface area contributed by atoms with E-state index in [1.807, 2.05) is 30.3 Å². The van der Waals surface area contributed by atoms with E-state index in [-0.39, 0.29) is 18.4 Å². The van der Waals surface area contributed by atoms with E-state index in [4.69, 9.17) is 9.26 Å². The number of likely N-dealkylation sites (tertiary alicyclic amines) is 1. The number of ether oxygens (including phenoxy) is 1. The van der Waals surface area contributed by atoms with Crippen molar-refractivity contribution in [3.05, 3.63) is 82.2 Å². The molecule has 1 fully saturated rings. The van der Waals surface area contributed by atoms with E-state index < -0.39 is 17.9 Å². The lowest BCUT2D eigenvalue weighted by Crippen LogP contribution is -2.44. The van der Waals surface area contributed by atoms with E-state index in [1.54, 1.807) is 45.0 Å². The number of anilines is 1. The molecule has 41 heavy (non-hydrogen) atoms. The minimum Gasteiger partial charge on any atom is -0.462 e. The normalized spacial score (nSPS) is 16.9. The van der Waals surface area contributed by atoms with Crippen molar-refractivity contribution in [1.29, 1.82) is 0 Å². The van der Waals surface area contributed by atoms with Gasteiger partial charge in [0.1, 0.15) is 4.88 Å². The van der Waals surface area contributed by atoms with Gasteiger partial charge in [0.15, 0.2) is 5.13 Å². The van der Waals surface area contributed by atoms with Crippen LogP contribution in [-0.2, 0) is 16.1 Å². The molecule has 0 saturated carbocycles. The summed E-state index contributed by atoms with van der Waals surface area (Å²) in [7, 11) is 0. The van der Waals surface area contributed by atoms with E-state index in [1.165, 1.54) is 0 Å². The molecule has 2 atom stereocenters. The van der Waals surface area contributed by atoms with Crippen LogP contribution in [0.2, 0.25) is 0 Å². The van der Waals surface area contributed by atoms with Crippen molar-refractivity contribution >= 4 is 34.3 Å². The fourth-order valence-electron chi connectivity index (χ4n) is 4.77. The molecule has 0 aliphatic carbocycles. The highest BCUT2D eigenvalue weighted by Gasteiger charge is 2.39. The summed E-state index contributed by atoms with van der Waals surface area (Å²) < 4.78 is 10.2. The second-order valence-electron chi connectivity index (χ2n) is 9.73. The van der Waals surface area contributed by atoms with Crippen molar-refractivity contribution in [2.24, 2.45) is 5.92 Å². The second kappa shape index (κ2) is 12.4. The Morgan fingerprint density at radius 3 is 2.61 bits per heavy atom. The van der Waals surface area contributed by atoms with Crippen LogP contribution < -0.4 is 10.6 Å². The molecule has 1 aliphatic rings. The quantitative estimate of drug-likeness (QED) is 0.285. The number of carbonyl (C=O) groups is 3. The fourth-order valence-corrected chi connectivity index (χ4v) is 5.63. The van der Waals surface area contributed by atoms with Gasteiger partial charge in [-0.05, 0) is 31.5 Å². The molecule has 12 heteroatoms. The second-order valence-corrected chi connectivity index (χ2v) is 10.7. The molecule has 212 valence electrons. The molecular weight excluding hydrogens is 544 g/mol. The molecule has 4 aromatic rings. The molecule has 2 amide bonds. The zero-order valence-electron chi connectivity index (χ0n) is 22.9. The average molecular weight is 575 g/mol. The predicted molar refractivity (Wildman–Crippen MR) is 152 cm³/mol. The van der Waals surface area contributed by atoms with Crippen LogP contribution in [-0.4, -0.2) is 63.5 Å². The molecule has 1 saturated heterocycles. The van der Waals surface area contributed by atoms with Crippen molar-refractivity contribution in [3.8, 4) is 11.4 Å². The molecule has 0 spiro atoms. The number of rotatable bonds is 9. The van der Waals surface area contributed by atoms with Crippen LogP contribution in [0.5, 0.6) is 0 Å². The third-order valence-electron chi connectivity index (χ3n) is 6.70. The van der Waals surface area contributed by atoms with E-state index in [0.29, 0.717) is 58.2 Å². The van der Waals surface area contributed by atoms with Gasteiger partial charge in [-0.2, -0.15) is 4.98 Å². The number of esters is 1. The van der Waals surface area contributed by atoms with Gasteiger partial charge in [0, 0.05) is 37.7 Å². The van der Waals surface area contributed by atoms with Gasteiger partial charge in [-0.3, -0.25) is 14.5 Å². The third kappa shape index (κ3) is 6.67. The standard InChI is InChI=1S/C29H30N6O5S/c1-4-39-28(38)24-17(2)30-29(41-24)33-27(37)22-15-35(14-19-9-6-5-7-10-19)16-23(22)32-26(36)21-12-8-11-20(13-21)25-31-18(3)40-34-25/h5-13,22-23H,4,14-16H2,1-3H3,(H,32,36)(H,30,33,37)/t22-,23-/m0/s1. The Labute approximate surface area is 240 Å². The Kier molecular flexibility index (Phi) is 8.50. The summed E-state index contributed by atoms with van der Waals surface area (Å²) in [6.45, 7) is 6.92. The van der Waals surface area contributed by atoms with Gasteiger partial charge in [-0.1, -0.05) is 59.0 Å². The van der Waals surface area contributed by atoms with Crippen LogP contribution in [0.1, 0.15) is 44.1 Å². The molecule has 1 aliphatic heterocycles. The van der Waals surface area contributed by atoms with Crippen LogP contribution in [0.25, 0.3) is 11.4 Å². The van der Waals surface area contributed by atoms with Crippen LogP contribution in [0.15, 0.2) is 59.1 Å². The highest BCUT2D eigenvalue weighted by atomic mass is 32.1. The molecule has 0 radical (unpaired) electrons. The Bertz CT molecular complexity index is 1550. The first-order valence-corrected chi connectivity index (χ1v) is 14.1. The Morgan fingerprint density at radius 2 is 1.88 bits per heavy atom. The SMILES string of the molecule is CCOC(=O)c1sc(NC(=O)[C@H]2CN(Cc3ccccc3)C[C@@H]2NC(=O)c2cccc(-c3noc(C)n3)c2)nc1C. The zero-order valence-corrected chi connectivity index (χ0v) is 23.7. The minimum absolute atomic E-state index is 0.246. The maximum Gasteiger partial charge on any atom is 0.350 e. The van der Waals surface area contributed by atoms with Gasteiger partial charge in [0.05, 0.1) is 24.3 Å². The lowest BCUT2D eigenvalue weighted by molar-refractivity contribution is -0.119. The van der Waals surface area contributed by atoms with Crippen molar-refractivity contribution in [3.63, 3.8) is 0 Å². The molecule has 0 unspecified atom stereocenters. The first-order valence-electron chi connectivity index (χ1n) is 13.2. The van der Waals surface area contributed by atoms with Crippen molar-refractivity contribution < 1.29 is 23.6 Å². The van der Waals surface area contributed by atoms with Gasteiger partial charge >= 0.3 is 5.97 Å². The van der Waals surface area contributed by atoms with E-state index in [2.05, 4.69) is 30.7 Å². The molecular formula is C29H30N6O5S. The molecule has 3 heterocycles. The van der Waals surface area contributed by atoms with Crippen LogP contribution >= 0.6 is 11.3 Å². The summed E-state index contributed by atoms with van der Waals surface area (Å²) in [5.41, 5.74) is 2.66. The third-order valence-corrected chi connectivity index (χ3v) is 7.75. The monoisotopic (exact) mass is 574 g/mol. The minimum atomic E-state index is -0.555. The summed E-state index contributed by atoms with van der Waals surface area (Å²) >= 11 is 1.07. The number of nitrogens with one attached hydrogen (secondary N) is 2. The summed E-state index contributed by atoms with van der Waals surface area (Å²) in [4.78, 5) is 50.2. The average Bonchev–Trinajstić information content (AvgIpc) is 3.67. The van der Waals surface area contributed by atoms with Crippen LogP contribution in [0.4, 0.5) is 5.13 Å². The summed E-state index contributed by atoms with van der Waals surface area (Å²) in [5.74, 6) is -0.803. The molecule has 0 bridgehead atoms. The number of hydrogen-bond acceptors (Lipinski definition) is 10. The topological polar surface area (TPSA) is 140 Å². The number of hydrogen-bond donors (Lipinski definition) is 2. The highest BCUT2D eigenvalue weighted by Crippen LogP contribution is 2.27. The maximum atomic E-state index is 13.5. The molecule has 2 aromatic carbocycles. The molecule has 5 rings (SSSR count). The van der Waals surface area contributed by atoms with Gasteiger partial charge in [-0.15, -0.1) is 0 Å². The number of thiazole rings is 1. The number of amides is 2. The number of carbonyl (C=O) groups excluding carboxylic acids is 3.